The van der Waals surface area contributed by atoms with E-state index in [4.69, 9.17) is 0 Å². The molecular formula is C32H20N4. The van der Waals surface area contributed by atoms with Crippen LogP contribution in [0.2, 0.25) is 0 Å². The molecule has 0 spiro atoms. The molecule has 6 aromatic rings. The maximum atomic E-state index is 10.6. The second-order valence-electron chi connectivity index (χ2n) is 8.51. The lowest BCUT2D eigenvalue weighted by Gasteiger charge is -2.11. The minimum Gasteiger partial charge on any atom is -0.315 e. The zero-order valence-corrected chi connectivity index (χ0v) is 19.3. The van der Waals surface area contributed by atoms with Crippen LogP contribution in [0.3, 0.4) is 0 Å². The second-order valence-corrected chi connectivity index (χ2v) is 8.51. The van der Waals surface area contributed by atoms with Gasteiger partial charge >= 0.3 is 0 Å². The largest absolute Gasteiger partial charge is 0.315 e. The maximum Gasteiger partial charge on any atom is 0.103 e. The van der Waals surface area contributed by atoms with Gasteiger partial charge in [-0.2, -0.15) is 10.5 Å². The number of nitrogens with zero attached hydrogens (tertiary/aromatic N) is 4. The first-order valence-electron chi connectivity index (χ1n) is 11.7. The summed E-state index contributed by atoms with van der Waals surface area (Å²) < 4.78 is 3.99. The van der Waals surface area contributed by atoms with Crippen molar-refractivity contribution >= 4 is 22.2 Å². The normalized spacial score (nSPS) is 11.7. The summed E-state index contributed by atoms with van der Waals surface area (Å²) in [6.45, 7) is 0. The molecule has 0 bridgehead atoms. The van der Waals surface area contributed by atoms with Gasteiger partial charge in [0.2, 0.25) is 0 Å². The predicted molar refractivity (Wildman–Crippen MR) is 144 cm³/mol. The summed E-state index contributed by atoms with van der Waals surface area (Å²) in [7, 11) is 0. The Kier molecular flexibility index (Phi) is 5.19. The average molecular weight is 461 g/mol. The summed E-state index contributed by atoms with van der Waals surface area (Å²) in [5.74, 6) is 0. The van der Waals surface area contributed by atoms with Crippen molar-refractivity contribution in [1.82, 2.24) is 8.80 Å². The number of benzene rings is 2. The van der Waals surface area contributed by atoms with Crippen LogP contribution in [-0.4, -0.2) is 8.80 Å². The number of nitriles is 2. The van der Waals surface area contributed by atoms with Crippen molar-refractivity contribution in [1.29, 1.82) is 10.5 Å². The smallest absolute Gasteiger partial charge is 0.103 e. The molecule has 0 amide bonds. The first kappa shape index (κ1) is 21.2. The maximum absolute atomic E-state index is 10.6. The standard InChI is InChI=1S/C32H20N4/c33-21-29(31-27(23-11-3-1-4-12-23)19-25-15-7-9-17-35(25)31)30(22-34)32-28(24-13-5-2-6-14-24)20-26-16-8-10-18-36(26)32/h1-20H/b30-29-. The molecule has 0 fully saturated rings. The average Bonchev–Trinajstić information content (AvgIpc) is 3.52. The number of fused-ring (bicyclic) bond motifs is 2. The number of aromatic nitrogens is 2. The molecule has 4 nitrogen and oxygen atoms in total. The molecule has 2 aromatic carbocycles. The first-order valence-corrected chi connectivity index (χ1v) is 11.7. The van der Waals surface area contributed by atoms with Gasteiger partial charge in [-0.05, 0) is 47.5 Å². The Bertz CT molecular complexity index is 1700. The molecule has 0 aliphatic heterocycles. The fraction of sp³-hybridized carbons (Fsp3) is 0. The van der Waals surface area contributed by atoms with Gasteiger partial charge < -0.3 is 8.80 Å². The molecule has 0 aliphatic rings. The van der Waals surface area contributed by atoms with Crippen molar-refractivity contribution in [3.8, 4) is 34.4 Å². The van der Waals surface area contributed by atoms with Crippen LogP contribution >= 0.6 is 0 Å². The highest BCUT2D eigenvalue weighted by molar-refractivity contribution is 6.08. The first-order chi connectivity index (χ1) is 17.8. The molecule has 0 atom stereocenters. The highest BCUT2D eigenvalue weighted by atomic mass is 14.9. The summed E-state index contributed by atoms with van der Waals surface area (Å²) in [5.41, 5.74) is 7.81. The molecular weight excluding hydrogens is 440 g/mol. The minimum atomic E-state index is 0.337. The quantitative estimate of drug-likeness (QED) is 0.256. The number of allylic oxidation sites excluding steroid dienone is 2. The lowest BCUT2D eigenvalue weighted by molar-refractivity contribution is 1.15. The van der Waals surface area contributed by atoms with E-state index < -0.39 is 0 Å². The number of hydrogen-bond acceptors (Lipinski definition) is 2. The van der Waals surface area contributed by atoms with E-state index in [1.54, 1.807) is 0 Å². The zero-order chi connectivity index (χ0) is 24.5. The fourth-order valence-corrected chi connectivity index (χ4v) is 4.89. The summed E-state index contributed by atoms with van der Waals surface area (Å²) in [5, 5.41) is 21.2. The molecule has 168 valence electrons. The number of hydrogen-bond donors (Lipinski definition) is 0. The Balaban J connectivity index is 1.74. The lowest BCUT2D eigenvalue weighted by atomic mass is 9.94. The molecule has 6 rings (SSSR count). The van der Waals surface area contributed by atoms with Gasteiger partial charge in [0.1, 0.15) is 12.1 Å². The molecule has 0 aliphatic carbocycles. The van der Waals surface area contributed by atoms with Crippen LogP contribution in [0.25, 0.3) is 44.4 Å². The monoisotopic (exact) mass is 460 g/mol. The van der Waals surface area contributed by atoms with E-state index in [0.717, 1.165) is 33.3 Å². The van der Waals surface area contributed by atoms with E-state index in [1.165, 1.54) is 0 Å². The Hall–Kier alpha value is -5.32. The SMILES string of the molecule is N#C/C(=C(\C#N)c1c(-c2ccccc2)cc2ccccn12)c1c(-c2ccccc2)cc2ccccn12. The van der Waals surface area contributed by atoms with Crippen molar-refractivity contribution < 1.29 is 0 Å². The van der Waals surface area contributed by atoms with E-state index in [0.29, 0.717) is 22.5 Å². The summed E-state index contributed by atoms with van der Waals surface area (Å²) >= 11 is 0. The van der Waals surface area contributed by atoms with Gasteiger partial charge in [-0.15, -0.1) is 0 Å². The number of pyridine rings is 2. The molecule has 0 saturated heterocycles. The molecule has 0 unspecified atom stereocenters. The van der Waals surface area contributed by atoms with Crippen molar-refractivity contribution in [2.75, 3.05) is 0 Å². The van der Waals surface area contributed by atoms with E-state index >= 15 is 0 Å². The second kappa shape index (κ2) is 8.80. The van der Waals surface area contributed by atoms with E-state index in [9.17, 15) is 10.5 Å². The van der Waals surface area contributed by atoms with Crippen LogP contribution in [0.15, 0.2) is 122 Å². The highest BCUT2D eigenvalue weighted by Crippen LogP contribution is 2.39. The topological polar surface area (TPSA) is 56.4 Å². The Morgan fingerprint density at radius 2 is 0.889 bits per heavy atom. The Morgan fingerprint density at radius 3 is 1.28 bits per heavy atom. The van der Waals surface area contributed by atoms with Gasteiger partial charge in [0, 0.05) is 34.6 Å². The van der Waals surface area contributed by atoms with E-state index in [2.05, 4.69) is 24.3 Å². The predicted octanol–water partition coefficient (Wildman–Crippen LogP) is 7.48. The van der Waals surface area contributed by atoms with Crippen LogP contribution in [0.4, 0.5) is 0 Å². The molecule has 4 heterocycles. The van der Waals surface area contributed by atoms with E-state index in [-0.39, 0.29) is 0 Å². The van der Waals surface area contributed by atoms with Crippen LogP contribution < -0.4 is 0 Å². The van der Waals surface area contributed by atoms with Crippen molar-refractivity contribution in [3.05, 3.63) is 133 Å². The van der Waals surface area contributed by atoms with Gasteiger partial charge in [0.05, 0.1) is 22.5 Å². The summed E-state index contributed by atoms with van der Waals surface area (Å²) in [6.07, 6.45) is 3.88. The Labute approximate surface area is 208 Å². The van der Waals surface area contributed by atoms with E-state index in [1.807, 2.05) is 118 Å². The lowest BCUT2D eigenvalue weighted by Crippen LogP contribution is -2.00. The van der Waals surface area contributed by atoms with Crippen LogP contribution in [-0.2, 0) is 0 Å². The third kappa shape index (κ3) is 3.38. The van der Waals surface area contributed by atoms with Crippen LogP contribution in [0.5, 0.6) is 0 Å². The van der Waals surface area contributed by atoms with Crippen molar-refractivity contribution in [3.63, 3.8) is 0 Å². The van der Waals surface area contributed by atoms with Crippen molar-refractivity contribution in [2.45, 2.75) is 0 Å². The number of rotatable bonds is 4. The molecule has 0 saturated carbocycles. The van der Waals surface area contributed by atoms with Gasteiger partial charge in [0.15, 0.2) is 0 Å². The molecule has 0 radical (unpaired) electrons. The molecule has 4 heteroatoms. The summed E-state index contributed by atoms with van der Waals surface area (Å²) in [6, 6.07) is 40.8. The zero-order valence-electron chi connectivity index (χ0n) is 19.3. The van der Waals surface area contributed by atoms with Gasteiger partial charge in [-0.1, -0.05) is 72.8 Å². The molecule has 4 aromatic heterocycles. The van der Waals surface area contributed by atoms with Gasteiger partial charge in [0.25, 0.3) is 0 Å². The van der Waals surface area contributed by atoms with Crippen LogP contribution in [0, 0.1) is 22.7 Å². The fourth-order valence-electron chi connectivity index (χ4n) is 4.89. The molecule has 0 N–H and O–H groups in total. The minimum absolute atomic E-state index is 0.337. The third-order valence-electron chi connectivity index (χ3n) is 6.48. The van der Waals surface area contributed by atoms with Crippen molar-refractivity contribution in [2.24, 2.45) is 0 Å². The summed E-state index contributed by atoms with van der Waals surface area (Å²) in [4.78, 5) is 0. The van der Waals surface area contributed by atoms with Gasteiger partial charge in [-0.3, -0.25) is 0 Å². The molecule has 36 heavy (non-hydrogen) atoms. The highest BCUT2D eigenvalue weighted by Gasteiger charge is 2.24. The third-order valence-corrected chi connectivity index (χ3v) is 6.48. The van der Waals surface area contributed by atoms with Gasteiger partial charge in [-0.25, -0.2) is 0 Å². The Morgan fingerprint density at radius 1 is 0.500 bits per heavy atom. The van der Waals surface area contributed by atoms with Crippen LogP contribution in [0.1, 0.15) is 11.4 Å².